The maximum atomic E-state index is 12.6. The Balaban J connectivity index is 1.42. The molecule has 0 fully saturated rings. The van der Waals surface area contributed by atoms with E-state index in [2.05, 4.69) is 15.5 Å². The average molecular weight is 426 g/mol. The average Bonchev–Trinajstić information content (AvgIpc) is 3.36. The summed E-state index contributed by atoms with van der Waals surface area (Å²) < 4.78 is 3.51. The lowest BCUT2D eigenvalue weighted by Gasteiger charge is -2.07. The van der Waals surface area contributed by atoms with Gasteiger partial charge in [0.2, 0.25) is 0 Å². The summed E-state index contributed by atoms with van der Waals surface area (Å²) in [4.78, 5) is 12.6. The number of nitrogens with zero attached hydrogens (tertiary/aromatic N) is 4. The first-order valence-corrected chi connectivity index (χ1v) is 9.67. The third-order valence-corrected chi connectivity index (χ3v) is 4.91. The van der Waals surface area contributed by atoms with Crippen LogP contribution < -0.4 is 5.32 Å². The summed E-state index contributed by atoms with van der Waals surface area (Å²) in [6, 6.07) is 16.4. The SMILES string of the molecule is O=C(Nc1ccn(Cc2ccc(Cl)cc2Cl)n1)c1cccc(Cn2cccn2)c1. The van der Waals surface area contributed by atoms with Crippen LogP contribution >= 0.6 is 23.2 Å². The number of hydrogen-bond acceptors (Lipinski definition) is 3. The minimum atomic E-state index is -0.220. The first kappa shape index (κ1) is 19.2. The number of nitrogens with one attached hydrogen (secondary N) is 1. The Labute approximate surface area is 177 Å². The molecule has 0 atom stereocenters. The van der Waals surface area contributed by atoms with E-state index in [-0.39, 0.29) is 5.91 Å². The van der Waals surface area contributed by atoms with Crippen molar-refractivity contribution in [2.45, 2.75) is 13.1 Å². The van der Waals surface area contributed by atoms with Gasteiger partial charge in [-0.2, -0.15) is 10.2 Å². The molecule has 0 aliphatic carbocycles. The molecule has 4 rings (SSSR count). The molecule has 1 N–H and O–H groups in total. The van der Waals surface area contributed by atoms with Crippen molar-refractivity contribution in [2.24, 2.45) is 0 Å². The zero-order chi connectivity index (χ0) is 20.2. The molecule has 0 saturated carbocycles. The fourth-order valence-corrected chi connectivity index (χ4v) is 3.39. The normalized spacial score (nSPS) is 10.8. The molecule has 1 amide bonds. The summed E-state index contributed by atoms with van der Waals surface area (Å²) in [5.41, 5.74) is 2.44. The lowest BCUT2D eigenvalue weighted by atomic mass is 10.1. The molecule has 2 heterocycles. The Morgan fingerprint density at radius 2 is 1.86 bits per heavy atom. The van der Waals surface area contributed by atoms with Gasteiger partial charge in [-0.1, -0.05) is 41.4 Å². The van der Waals surface area contributed by atoms with Crippen LogP contribution in [0, 0.1) is 0 Å². The summed E-state index contributed by atoms with van der Waals surface area (Å²) in [5, 5.41) is 12.6. The highest BCUT2D eigenvalue weighted by Crippen LogP contribution is 2.22. The number of rotatable bonds is 6. The highest BCUT2D eigenvalue weighted by Gasteiger charge is 2.10. The molecule has 8 heteroatoms. The number of anilines is 1. The smallest absolute Gasteiger partial charge is 0.256 e. The monoisotopic (exact) mass is 425 g/mol. The third kappa shape index (κ3) is 4.85. The van der Waals surface area contributed by atoms with Gasteiger partial charge in [-0.05, 0) is 41.5 Å². The van der Waals surface area contributed by atoms with E-state index in [9.17, 15) is 4.79 Å². The predicted molar refractivity (Wildman–Crippen MR) is 114 cm³/mol. The molecule has 0 spiro atoms. The van der Waals surface area contributed by atoms with E-state index < -0.39 is 0 Å². The summed E-state index contributed by atoms with van der Waals surface area (Å²) in [6.07, 6.45) is 5.39. The molecule has 2 aromatic heterocycles. The van der Waals surface area contributed by atoms with E-state index in [4.69, 9.17) is 23.2 Å². The topological polar surface area (TPSA) is 64.7 Å². The van der Waals surface area contributed by atoms with E-state index in [1.165, 1.54) is 0 Å². The Morgan fingerprint density at radius 1 is 0.966 bits per heavy atom. The van der Waals surface area contributed by atoms with Gasteiger partial charge in [0.1, 0.15) is 0 Å². The number of carbonyl (C=O) groups is 1. The van der Waals surface area contributed by atoms with Crippen LogP contribution in [0.5, 0.6) is 0 Å². The van der Waals surface area contributed by atoms with Crippen LogP contribution in [0.15, 0.2) is 73.2 Å². The van der Waals surface area contributed by atoms with Gasteiger partial charge >= 0.3 is 0 Å². The molecule has 0 aliphatic rings. The first-order chi connectivity index (χ1) is 14.1. The second-order valence-electron chi connectivity index (χ2n) is 6.49. The highest BCUT2D eigenvalue weighted by molar-refractivity contribution is 6.35. The lowest BCUT2D eigenvalue weighted by molar-refractivity contribution is 0.102. The molecule has 0 saturated heterocycles. The molecule has 0 radical (unpaired) electrons. The van der Waals surface area contributed by atoms with E-state index in [0.29, 0.717) is 34.5 Å². The number of halogens is 2. The summed E-state index contributed by atoms with van der Waals surface area (Å²) in [7, 11) is 0. The van der Waals surface area contributed by atoms with Crippen LogP contribution in [0.25, 0.3) is 0 Å². The highest BCUT2D eigenvalue weighted by atomic mass is 35.5. The van der Waals surface area contributed by atoms with Gasteiger partial charge in [0, 0.05) is 40.3 Å². The van der Waals surface area contributed by atoms with E-state index >= 15 is 0 Å². The Kier molecular flexibility index (Phi) is 5.64. The number of benzene rings is 2. The van der Waals surface area contributed by atoms with Crippen LogP contribution in [-0.2, 0) is 13.1 Å². The van der Waals surface area contributed by atoms with Gasteiger partial charge in [-0.3, -0.25) is 14.2 Å². The number of carbonyl (C=O) groups excluding carboxylic acids is 1. The van der Waals surface area contributed by atoms with Gasteiger partial charge in [0.05, 0.1) is 13.1 Å². The standard InChI is InChI=1S/C21H17Cl2N5O/c22-18-6-5-17(19(23)12-18)14-28-10-7-20(26-28)25-21(29)16-4-1-3-15(11-16)13-27-9-2-8-24-27/h1-12H,13-14H2,(H,25,26,29). The molecule has 29 heavy (non-hydrogen) atoms. The van der Waals surface area contributed by atoms with E-state index in [0.717, 1.165) is 11.1 Å². The predicted octanol–water partition coefficient (Wildman–Crippen LogP) is 4.74. The first-order valence-electron chi connectivity index (χ1n) is 8.92. The minimum Gasteiger partial charge on any atom is -0.305 e. The van der Waals surface area contributed by atoms with Crippen LogP contribution in [-0.4, -0.2) is 25.5 Å². The number of amides is 1. The second kappa shape index (κ2) is 8.51. The van der Waals surface area contributed by atoms with Gasteiger partial charge in [0.25, 0.3) is 5.91 Å². The maximum absolute atomic E-state index is 12.6. The largest absolute Gasteiger partial charge is 0.305 e. The maximum Gasteiger partial charge on any atom is 0.256 e. The molecular formula is C21H17Cl2N5O. The molecule has 4 aromatic rings. The van der Waals surface area contributed by atoms with E-state index in [1.807, 2.05) is 36.5 Å². The summed E-state index contributed by atoms with van der Waals surface area (Å²) in [5.74, 6) is 0.250. The van der Waals surface area contributed by atoms with Gasteiger partial charge < -0.3 is 5.32 Å². The van der Waals surface area contributed by atoms with Crippen LogP contribution in [0.4, 0.5) is 5.82 Å². The fraction of sp³-hybridized carbons (Fsp3) is 0.0952. The van der Waals surface area contributed by atoms with Crippen molar-refractivity contribution >= 4 is 34.9 Å². The number of hydrogen-bond donors (Lipinski definition) is 1. The molecule has 2 aromatic carbocycles. The quantitative estimate of drug-likeness (QED) is 0.485. The molecule has 0 unspecified atom stereocenters. The Hall–Kier alpha value is -3.09. The van der Waals surface area contributed by atoms with Gasteiger partial charge in [-0.15, -0.1) is 0 Å². The van der Waals surface area contributed by atoms with Crippen molar-refractivity contribution in [3.63, 3.8) is 0 Å². The number of aromatic nitrogens is 4. The van der Waals surface area contributed by atoms with Crippen molar-refractivity contribution < 1.29 is 4.79 Å². The Morgan fingerprint density at radius 3 is 2.66 bits per heavy atom. The van der Waals surface area contributed by atoms with Crippen molar-refractivity contribution in [1.29, 1.82) is 0 Å². The molecule has 0 aliphatic heterocycles. The summed E-state index contributed by atoms with van der Waals surface area (Å²) in [6.45, 7) is 1.08. The summed E-state index contributed by atoms with van der Waals surface area (Å²) >= 11 is 12.1. The zero-order valence-electron chi connectivity index (χ0n) is 15.3. The van der Waals surface area contributed by atoms with Crippen LogP contribution in [0.1, 0.15) is 21.5 Å². The molecule has 146 valence electrons. The van der Waals surface area contributed by atoms with Crippen LogP contribution in [0.3, 0.4) is 0 Å². The Bertz CT molecular complexity index is 1140. The van der Waals surface area contributed by atoms with Crippen LogP contribution in [0.2, 0.25) is 10.0 Å². The van der Waals surface area contributed by atoms with Crippen molar-refractivity contribution in [3.05, 3.63) is 99.9 Å². The van der Waals surface area contributed by atoms with E-state index in [1.54, 1.807) is 46.0 Å². The van der Waals surface area contributed by atoms with Crippen molar-refractivity contribution in [3.8, 4) is 0 Å². The molecular weight excluding hydrogens is 409 g/mol. The second-order valence-corrected chi connectivity index (χ2v) is 7.34. The fourth-order valence-electron chi connectivity index (χ4n) is 2.92. The van der Waals surface area contributed by atoms with Crippen molar-refractivity contribution in [1.82, 2.24) is 19.6 Å². The van der Waals surface area contributed by atoms with Gasteiger partial charge in [-0.25, -0.2) is 0 Å². The molecule has 0 bridgehead atoms. The lowest BCUT2D eigenvalue weighted by Crippen LogP contribution is -2.13. The minimum absolute atomic E-state index is 0.220. The molecule has 6 nitrogen and oxygen atoms in total. The zero-order valence-corrected chi connectivity index (χ0v) is 16.8. The van der Waals surface area contributed by atoms with Crippen molar-refractivity contribution in [2.75, 3.05) is 5.32 Å². The van der Waals surface area contributed by atoms with Gasteiger partial charge in [0.15, 0.2) is 5.82 Å². The third-order valence-electron chi connectivity index (χ3n) is 4.32.